The SMILES string of the molecule is Nc1cccc(I)c1.c1ccc(P(c2ccccc2)c2ccccc2)cc1. The molecule has 0 radical (unpaired) electrons. The molecule has 27 heavy (non-hydrogen) atoms. The zero-order chi connectivity index (χ0) is 18.9. The number of anilines is 1. The highest BCUT2D eigenvalue weighted by Gasteiger charge is 2.14. The van der Waals surface area contributed by atoms with Crippen molar-refractivity contribution in [1.29, 1.82) is 0 Å². The Morgan fingerprint density at radius 1 is 0.519 bits per heavy atom. The van der Waals surface area contributed by atoms with Crippen LogP contribution in [0.25, 0.3) is 0 Å². The zero-order valence-electron chi connectivity index (χ0n) is 14.9. The summed E-state index contributed by atoms with van der Waals surface area (Å²) < 4.78 is 1.18. The Bertz CT molecular complexity index is 832. The van der Waals surface area contributed by atoms with Gasteiger partial charge in [-0.05, 0) is 64.6 Å². The van der Waals surface area contributed by atoms with Gasteiger partial charge in [0.1, 0.15) is 0 Å². The third kappa shape index (κ3) is 5.92. The fourth-order valence-corrected chi connectivity index (χ4v) is 5.56. The topological polar surface area (TPSA) is 26.0 Å². The van der Waals surface area contributed by atoms with Gasteiger partial charge in [-0.3, -0.25) is 0 Å². The van der Waals surface area contributed by atoms with Gasteiger partial charge < -0.3 is 5.73 Å². The zero-order valence-corrected chi connectivity index (χ0v) is 17.9. The van der Waals surface area contributed by atoms with Gasteiger partial charge in [-0.15, -0.1) is 0 Å². The molecular formula is C24H21INP. The fourth-order valence-electron chi connectivity index (χ4n) is 2.69. The van der Waals surface area contributed by atoms with Gasteiger partial charge in [0.25, 0.3) is 0 Å². The largest absolute Gasteiger partial charge is 0.399 e. The van der Waals surface area contributed by atoms with Gasteiger partial charge in [-0.2, -0.15) is 0 Å². The molecule has 0 aliphatic rings. The molecule has 2 N–H and O–H groups in total. The Morgan fingerprint density at radius 3 is 1.22 bits per heavy atom. The summed E-state index contributed by atoms with van der Waals surface area (Å²) in [4.78, 5) is 0. The highest BCUT2D eigenvalue weighted by Crippen LogP contribution is 2.32. The van der Waals surface area contributed by atoms with Crippen LogP contribution in [0.2, 0.25) is 0 Å². The van der Waals surface area contributed by atoms with Gasteiger partial charge in [0.05, 0.1) is 0 Å². The van der Waals surface area contributed by atoms with Gasteiger partial charge in [-0.1, -0.05) is 97.1 Å². The van der Waals surface area contributed by atoms with Crippen LogP contribution in [0, 0.1) is 3.57 Å². The molecule has 3 heteroatoms. The molecule has 0 saturated heterocycles. The second kappa shape index (κ2) is 10.2. The summed E-state index contributed by atoms with van der Waals surface area (Å²) in [5.41, 5.74) is 6.28. The Kier molecular flexibility index (Phi) is 7.44. The standard InChI is InChI=1S/C18H15P.C6H6IN/c1-4-10-16(11-5-1)19(17-12-6-2-7-13-17)18-14-8-3-9-15-18;7-5-2-1-3-6(8)4-5/h1-15H;1-4H,8H2. The summed E-state index contributed by atoms with van der Waals surface area (Å²) in [7, 11) is -0.446. The van der Waals surface area contributed by atoms with Crippen molar-refractivity contribution in [1.82, 2.24) is 0 Å². The highest BCUT2D eigenvalue weighted by molar-refractivity contribution is 14.1. The summed E-state index contributed by atoms with van der Waals surface area (Å²) in [6.07, 6.45) is 0. The van der Waals surface area contributed by atoms with Crippen LogP contribution < -0.4 is 21.6 Å². The van der Waals surface area contributed by atoms with Crippen molar-refractivity contribution in [2.24, 2.45) is 0 Å². The van der Waals surface area contributed by atoms with Crippen molar-refractivity contribution in [3.63, 3.8) is 0 Å². The van der Waals surface area contributed by atoms with Gasteiger partial charge in [-0.25, -0.2) is 0 Å². The first kappa shape index (κ1) is 19.6. The number of rotatable bonds is 3. The quantitative estimate of drug-likeness (QED) is 0.239. The predicted molar refractivity (Wildman–Crippen MR) is 129 cm³/mol. The molecule has 0 aliphatic heterocycles. The van der Waals surface area contributed by atoms with Gasteiger partial charge in [0.2, 0.25) is 0 Å². The van der Waals surface area contributed by atoms with Crippen LogP contribution in [0.3, 0.4) is 0 Å². The van der Waals surface area contributed by atoms with Crippen LogP contribution in [0.5, 0.6) is 0 Å². The average Bonchev–Trinajstić information content (AvgIpc) is 2.71. The van der Waals surface area contributed by atoms with Gasteiger partial charge in [0, 0.05) is 9.26 Å². The van der Waals surface area contributed by atoms with Crippen molar-refractivity contribution < 1.29 is 0 Å². The van der Waals surface area contributed by atoms with Crippen LogP contribution in [0.15, 0.2) is 115 Å². The van der Waals surface area contributed by atoms with Crippen molar-refractivity contribution in [3.05, 3.63) is 119 Å². The van der Waals surface area contributed by atoms with Crippen molar-refractivity contribution in [3.8, 4) is 0 Å². The maximum atomic E-state index is 5.45. The lowest BCUT2D eigenvalue weighted by atomic mass is 10.3. The van der Waals surface area contributed by atoms with E-state index in [9.17, 15) is 0 Å². The summed E-state index contributed by atoms with van der Waals surface area (Å²) in [6, 6.07) is 40.1. The third-order valence-electron chi connectivity index (χ3n) is 3.89. The molecule has 0 spiro atoms. The minimum atomic E-state index is -0.446. The molecule has 0 amide bonds. The molecule has 134 valence electrons. The van der Waals surface area contributed by atoms with E-state index in [0.29, 0.717) is 0 Å². The number of benzene rings is 4. The van der Waals surface area contributed by atoms with Crippen molar-refractivity contribution >= 4 is 52.1 Å². The molecule has 0 saturated carbocycles. The molecule has 0 atom stereocenters. The number of halogens is 1. The number of nitrogens with two attached hydrogens (primary N) is 1. The Labute approximate surface area is 176 Å². The summed E-state index contributed by atoms with van der Waals surface area (Å²) in [5.74, 6) is 0. The third-order valence-corrected chi connectivity index (χ3v) is 7.01. The summed E-state index contributed by atoms with van der Waals surface area (Å²) in [5, 5.41) is 4.19. The molecular weight excluding hydrogens is 460 g/mol. The van der Waals surface area contributed by atoms with Crippen LogP contribution >= 0.6 is 30.5 Å². The first-order valence-corrected chi connectivity index (χ1v) is 11.1. The lowest BCUT2D eigenvalue weighted by Gasteiger charge is -2.18. The second-order valence-corrected chi connectivity index (χ2v) is 9.36. The summed E-state index contributed by atoms with van der Waals surface area (Å²) >= 11 is 2.23. The first-order valence-electron chi connectivity index (χ1n) is 8.70. The maximum absolute atomic E-state index is 5.45. The molecule has 0 aliphatic carbocycles. The molecule has 0 fully saturated rings. The molecule has 0 bridgehead atoms. The number of nitrogen functional groups attached to an aromatic ring is 1. The number of hydrogen-bond donors (Lipinski definition) is 1. The van der Waals surface area contributed by atoms with E-state index in [-0.39, 0.29) is 0 Å². The maximum Gasteiger partial charge on any atom is 0.0324 e. The molecule has 0 heterocycles. The average molecular weight is 481 g/mol. The molecule has 4 aromatic rings. The first-order chi connectivity index (χ1) is 13.2. The fraction of sp³-hybridized carbons (Fsp3) is 0. The van der Waals surface area contributed by atoms with E-state index < -0.39 is 7.92 Å². The van der Waals surface area contributed by atoms with Gasteiger partial charge >= 0.3 is 0 Å². The smallest absolute Gasteiger partial charge is 0.0324 e. The van der Waals surface area contributed by atoms with Crippen LogP contribution in [0.4, 0.5) is 5.69 Å². The van der Waals surface area contributed by atoms with Crippen molar-refractivity contribution in [2.75, 3.05) is 5.73 Å². The predicted octanol–water partition coefficient (Wildman–Crippen LogP) is 5.32. The van der Waals surface area contributed by atoms with Crippen LogP contribution in [0.1, 0.15) is 0 Å². The van der Waals surface area contributed by atoms with E-state index in [1.54, 1.807) is 0 Å². The Balaban J connectivity index is 0.000000221. The molecule has 0 unspecified atom stereocenters. The Morgan fingerprint density at radius 2 is 0.926 bits per heavy atom. The summed E-state index contributed by atoms with van der Waals surface area (Å²) in [6.45, 7) is 0. The van der Waals surface area contributed by atoms with E-state index in [1.807, 2.05) is 24.3 Å². The van der Waals surface area contributed by atoms with E-state index in [4.69, 9.17) is 5.73 Å². The van der Waals surface area contributed by atoms with E-state index in [2.05, 4.69) is 114 Å². The van der Waals surface area contributed by atoms with Crippen LogP contribution in [-0.2, 0) is 0 Å². The van der Waals surface area contributed by atoms with E-state index in [0.717, 1.165) is 5.69 Å². The van der Waals surface area contributed by atoms with Gasteiger partial charge in [0.15, 0.2) is 0 Å². The molecule has 0 aromatic heterocycles. The normalized spacial score (nSPS) is 10.1. The molecule has 1 nitrogen and oxygen atoms in total. The monoisotopic (exact) mass is 481 g/mol. The van der Waals surface area contributed by atoms with E-state index >= 15 is 0 Å². The molecule has 4 aromatic carbocycles. The lowest BCUT2D eigenvalue weighted by molar-refractivity contribution is 1.63. The molecule has 4 rings (SSSR count). The van der Waals surface area contributed by atoms with Crippen molar-refractivity contribution in [2.45, 2.75) is 0 Å². The van der Waals surface area contributed by atoms with E-state index in [1.165, 1.54) is 19.5 Å². The minimum absolute atomic E-state index is 0.446. The lowest BCUT2D eigenvalue weighted by Crippen LogP contribution is -2.20. The van der Waals surface area contributed by atoms with Crippen LogP contribution in [-0.4, -0.2) is 0 Å². The second-order valence-electron chi connectivity index (χ2n) is 5.90. The number of hydrogen-bond acceptors (Lipinski definition) is 1. The minimum Gasteiger partial charge on any atom is -0.399 e. The Hall–Kier alpha value is -2.16. The highest BCUT2D eigenvalue weighted by atomic mass is 127.